The van der Waals surface area contributed by atoms with E-state index in [1.807, 2.05) is 12.1 Å². The molecule has 0 aromatic heterocycles. The summed E-state index contributed by atoms with van der Waals surface area (Å²) < 4.78 is 0. The van der Waals surface area contributed by atoms with Crippen LogP contribution in [0.15, 0.2) is 36.0 Å². The number of likely N-dealkylation sites (tertiary alicyclic amines) is 1. The van der Waals surface area contributed by atoms with E-state index < -0.39 is 0 Å². The van der Waals surface area contributed by atoms with Gasteiger partial charge in [-0.25, -0.2) is 0 Å². The molecule has 1 heterocycles. The van der Waals surface area contributed by atoms with E-state index in [1.165, 1.54) is 6.20 Å². The van der Waals surface area contributed by atoms with Crippen LogP contribution in [-0.2, 0) is 4.79 Å². The van der Waals surface area contributed by atoms with Crippen LogP contribution in [0, 0.1) is 22.7 Å². The van der Waals surface area contributed by atoms with E-state index in [1.54, 1.807) is 36.2 Å². The second-order valence-corrected chi connectivity index (χ2v) is 5.95. The molecule has 0 atom stereocenters. The highest BCUT2D eigenvalue weighted by atomic mass is 16.2. The summed E-state index contributed by atoms with van der Waals surface area (Å²) in [5, 5.41) is 21.0. The summed E-state index contributed by atoms with van der Waals surface area (Å²) in [5.41, 5.74) is 1.35. The number of hydrogen-bond donors (Lipinski definition) is 1. The van der Waals surface area contributed by atoms with Crippen molar-refractivity contribution in [1.82, 2.24) is 9.80 Å². The Kier molecular flexibility index (Phi) is 5.95. The normalized spacial score (nSPS) is 16.1. The van der Waals surface area contributed by atoms with Crippen molar-refractivity contribution in [1.29, 1.82) is 10.5 Å². The quantitative estimate of drug-likeness (QED) is 0.676. The Morgan fingerprint density at radius 1 is 1.29 bits per heavy atom. The predicted octanol–water partition coefficient (Wildman–Crippen LogP) is 1.93. The van der Waals surface area contributed by atoms with Gasteiger partial charge in [-0.3, -0.25) is 4.79 Å². The molecule has 1 saturated heterocycles. The second kappa shape index (κ2) is 8.14. The van der Waals surface area contributed by atoms with Gasteiger partial charge in [0.25, 0.3) is 5.91 Å². The van der Waals surface area contributed by atoms with Crippen LogP contribution in [0.1, 0.15) is 18.4 Å². The highest BCUT2D eigenvalue weighted by Crippen LogP contribution is 2.16. The van der Waals surface area contributed by atoms with Gasteiger partial charge in [0, 0.05) is 25.0 Å². The summed E-state index contributed by atoms with van der Waals surface area (Å²) in [6.07, 6.45) is 3.26. The first-order valence-corrected chi connectivity index (χ1v) is 7.88. The number of nitriles is 2. The molecule has 0 spiro atoms. The number of benzene rings is 1. The number of carbonyl (C=O) groups excluding carboxylic acids is 1. The van der Waals surface area contributed by atoms with Gasteiger partial charge in [0.05, 0.1) is 11.6 Å². The summed E-state index contributed by atoms with van der Waals surface area (Å²) in [4.78, 5) is 16.4. The molecule has 6 heteroatoms. The molecule has 0 bridgehead atoms. The average molecular weight is 323 g/mol. The average Bonchev–Trinajstić information content (AvgIpc) is 2.62. The number of carbonyl (C=O) groups is 1. The van der Waals surface area contributed by atoms with Gasteiger partial charge in [-0.05, 0) is 57.2 Å². The van der Waals surface area contributed by atoms with Crippen molar-refractivity contribution in [3.63, 3.8) is 0 Å². The molecule has 24 heavy (non-hydrogen) atoms. The Morgan fingerprint density at radius 2 is 1.92 bits per heavy atom. The molecule has 1 N–H and O–H groups in total. The lowest BCUT2D eigenvalue weighted by Gasteiger charge is -2.34. The third-order valence-electron chi connectivity index (χ3n) is 4.30. The molecule has 0 radical (unpaired) electrons. The van der Waals surface area contributed by atoms with Gasteiger partial charge < -0.3 is 15.1 Å². The van der Waals surface area contributed by atoms with Crippen LogP contribution in [0.25, 0.3) is 0 Å². The first-order valence-electron chi connectivity index (χ1n) is 7.88. The number of nitrogens with zero attached hydrogens (tertiary/aromatic N) is 4. The molecular formula is C18H21N5O. The maximum Gasteiger partial charge on any atom is 0.266 e. The smallest absolute Gasteiger partial charge is 0.266 e. The van der Waals surface area contributed by atoms with Gasteiger partial charge in [0.2, 0.25) is 0 Å². The molecule has 1 amide bonds. The number of hydrogen-bond acceptors (Lipinski definition) is 5. The van der Waals surface area contributed by atoms with Crippen molar-refractivity contribution in [3.05, 3.63) is 41.6 Å². The molecule has 1 aromatic carbocycles. The summed E-state index contributed by atoms with van der Waals surface area (Å²) in [5.74, 6) is -0.270. The predicted molar refractivity (Wildman–Crippen MR) is 91.8 cm³/mol. The number of rotatable bonds is 4. The zero-order valence-corrected chi connectivity index (χ0v) is 14.0. The van der Waals surface area contributed by atoms with Crippen LogP contribution in [0.2, 0.25) is 0 Å². The van der Waals surface area contributed by atoms with Gasteiger partial charge in [-0.15, -0.1) is 0 Å². The molecule has 0 unspecified atom stereocenters. The highest BCUT2D eigenvalue weighted by Gasteiger charge is 2.25. The molecular weight excluding hydrogens is 302 g/mol. The Balaban J connectivity index is 2.02. The highest BCUT2D eigenvalue weighted by molar-refractivity contribution is 5.97. The first-order chi connectivity index (χ1) is 11.5. The van der Waals surface area contributed by atoms with Crippen molar-refractivity contribution in [2.24, 2.45) is 0 Å². The van der Waals surface area contributed by atoms with Crippen LogP contribution in [0.3, 0.4) is 0 Å². The standard InChI is InChI=1S/C18H21N5O/c1-22-9-7-17(8-10-22)23(2)18(24)15(12-20)13-21-16-5-3-14(11-19)4-6-16/h3-6,13,17,21H,7-10H2,1-2H3/b15-13-. The van der Waals surface area contributed by atoms with Crippen molar-refractivity contribution < 1.29 is 4.79 Å². The maximum atomic E-state index is 12.5. The minimum atomic E-state index is -0.270. The van der Waals surface area contributed by atoms with Crippen molar-refractivity contribution in [2.75, 3.05) is 32.5 Å². The van der Waals surface area contributed by atoms with Gasteiger partial charge in [-0.1, -0.05) is 0 Å². The molecule has 124 valence electrons. The second-order valence-electron chi connectivity index (χ2n) is 5.95. The fourth-order valence-corrected chi connectivity index (χ4v) is 2.68. The van der Waals surface area contributed by atoms with Crippen LogP contribution < -0.4 is 5.32 Å². The lowest BCUT2D eigenvalue weighted by atomic mass is 10.0. The third kappa shape index (κ3) is 4.34. The molecule has 1 aliphatic rings. The van der Waals surface area contributed by atoms with Gasteiger partial charge >= 0.3 is 0 Å². The van der Waals surface area contributed by atoms with E-state index in [2.05, 4.69) is 17.3 Å². The minimum absolute atomic E-state index is 0.0702. The van der Waals surface area contributed by atoms with Gasteiger partial charge in [0.1, 0.15) is 11.6 Å². The molecule has 6 nitrogen and oxygen atoms in total. The zero-order chi connectivity index (χ0) is 17.5. The van der Waals surface area contributed by atoms with E-state index in [4.69, 9.17) is 5.26 Å². The fourth-order valence-electron chi connectivity index (χ4n) is 2.68. The maximum absolute atomic E-state index is 12.5. The molecule has 2 rings (SSSR count). The zero-order valence-electron chi connectivity index (χ0n) is 14.0. The van der Waals surface area contributed by atoms with E-state index in [9.17, 15) is 10.1 Å². The Bertz CT molecular complexity index is 688. The summed E-state index contributed by atoms with van der Waals surface area (Å²) in [6, 6.07) is 11.0. The lowest BCUT2D eigenvalue weighted by Crippen LogP contribution is -2.44. The minimum Gasteiger partial charge on any atom is -0.360 e. The van der Waals surface area contributed by atoms with E-state index >= 15 is 0 Å². The third-order valence-corrected chi connectivity index (χ3v) is 4.30. The first kappa shape index (κ1) is 17.5. The van der Waals surface area contributed by atoms with Crippen LogP contribution in [0.5, 0.6) is 0 Å². The van der Waals surface area contributed by atoms with Crippen molar-refractivity contribution >= 4 is 11.6 Å². The summed E-state index contributed by atoms with van der Waals surface area (Å²) in [6.45, 7) is 1.91. The molecule has 0 aliphatic carbocycles. The number of amides is 1. The van der Waals surface area contributed by atoms with E-state index in [-0.39, 0.29) is 17.5 Å². The molecule has 1 aromatic rings. The van der Waals surface area contributed by atoms with Gasteiger partial charge in [0.15, 0.2) is 0 Å². The molecule has 0 saturated carbocycles. The summed E-state index contributed by atoms with van der Waals surface area (Å²) in [7, 11) is 3.82. The Hall–Kier alpha value is -2.83. The lowest BCUT2D eigenvalue weighted by molar-refractivity contribution is -0.128. The Morgan fingerprint density at radius 3 is 2.46 bits per heavy atom. The van der Waals surface area contributed by atoms with Crippen LogP contribution in [-0.4, -0.2) is 48.9 Å². The number of piperidine rings is 1. The number of nitrogens with one attached hydrogen (secondary N) is 1. The van der Waals surface area contributed by atoms with Crippen LogP contribution >= 0.6 is 0 Å². The fraction of sp³-hybridized carbons (Fsp3) is 0.389. The van der Waals surface area contributed by atoms with E-state index in [0.29, 0.717) is 5.56 Å². The molecule has 1 fully saturated rings. The Labute approximate surface area is 142 Å². The van der Waals surface area contributed by atoms with Crippen molar-refractivity contribution in [2.45, 2.75) is 18.9 Å². The van der Waals surface area contributed by atoms with Gasteiger partial charge in [-0.2, -0.15) is 10.5 Å². The summed E-state index contributed by atoms with van der Waals surface area (Å²) >= 11 is 0. The monoisotopic (exact) mass is 323 g/mol. The van der Waals surface area contributed by atoms with Crippen LogP contribution in [0.4, 0.5) is 5.69 Å². The SMILES string of the molecule is CN1CCC(N(C)C(=O)/C(C#N)=C\Nc2ccc(C#N)cc2)CC1. The molecule has 1 aliphatic heterocycles. The van der Waals surface area contributed by atoms with E-state index in [0.717, 1.165) is 31.6 Å². The number of likely N-dealkylation sites (N-methyl/N-ethyl adjacent to an activating group) is 1. The number of anilines is 1. The topological polar surface area (TPSA) is 83.2 Å². The largest absolute Gasteiger partial charge is 0.360 e. The van der Waals surface area contributed by atoms with Crippen molar-refractivity contribution in [3.8, 4) is 12.1 Å².